The molecule has 1 amide bonds. The van der Waals surface area contributed by atoms with Crippen LogP contribution in [0.5, 0.6) is 0 Å². The molecule has 0 fully saturated rings. The number of amides is 1. The predicted octanol–water partition coefficient (Wildman–Crippen LogP) is 2.98. The maximum absolute atomic E-state index is 12.1. The van der Waals surface area contributed by atoms with Crippen LogP contribution in [0.4, 0.5) is 11.4 Å². The number of nitro groups is 1. The molecule has 0 radical (unpaired) electrons. The Morgan fingerprint density at radius 3 is 2.31 bits per heavy atom. The van der Waals surface area contributed by atoms with Crippen molar-refractivity contribution in [2.75, 3.05) is 5.32 Å². The molecule has 2 aromatic rings. The average Bonchev–Trinajstić information content (AvgIpc) is 2.62. The molecule has 0 spiro atoms. The van der Waals surface area contributed by atoms with Crippen molar-refractivity contribution in [3.8, 4) is 0 Å². The number of benzene rings is 2. The van der Waals surface area contributed by atoms with Crippen molar-refractivity contribution < 1.29 is 24.0 Å². The fourth-order valence-corrected chi connectivity index (χ4v) is 2.06. The lowest BCUT2D eigenvalue weighted by Gasteiger charge is -2.13. The highest BCUT2D eigenvalue weighted by molar-refractivity contribution is 5.98. The molecular weight excluding hydrogens is 340 g/mol. The standard InChI is InChI=1S/C18H16N2O6/c1-11(21)13-6-8-15(9-7-13)19-17(22)12(2)26-18(23)14-4-3-5-16(10-14)20(24)25/h3-10,12H,1-2H3,(H,19,22)/t12-/m0/s1. The quantitative estimate of drug-likeness (QED) is 0.368. The number of ether oxygens (including phenoxy) is 1. The Hall–Kier alpha value is -3.55. The molecule has 0 heterocycles. The maximum atomic E-state index is 12.1. The summed E-state index contributed by atoms with van der Waals surface area (Å²) in [7, 11) is 0. The summed E-state index contributed by atoms with van der Waals surface area (Å²) < 4.78 is 5.04. The molecule has 26 heavy (non-hydrogen) atoms. The average molecular weight is 356 g/mol. The van der Waals surface area contributed by atoms with Crippen LogP contribution in [0.2, 0.25) is 0 Å². The molecule has 1 atom stereocenters. The van der Waals surface area contributed by atoms with Crippen molar-refractivity contribution >= 4 is 29.0 Å². The topological polar surface area (TPSA) is 116 Å². The number of Topliss-reactive ketones (excluding diaryl/α,β-unsaturated/α-hetero) is 1. The number of nitrogens with zero attached hydrogens (tertiary/aromatic N) is 1. The monoisotopic (exact) mass is 356 g/mol. The van der Waals surface area contributed by atoms with E-state index in [2.05, 4.69) is 5.32 Å². The first-order valence-electron chi connectivity index (χ1n) is 7.65. The third-order valence-corrected chi connectivity index (χ3v) is 3.50. The highest BCUT2D eigenvalue weighted by Gasteiger charge is 2.20. The van der Waals surface area contributed by atoms with Gasteiger partial charge in [0, 0.05) is 23.4 Å². The van der Waals surface area contributed by atoms with E-state index in [0.717, 1.165) is 6.07 Å². The maximum Gasteiger partial charge on any atom is 0.339 e. The minimum atomic E-state index is -1.12. The lowest BCUT2D eigenvalue weighted by atomic mass is 10.1. The Bertz CT molecular complexity index is 860. The molecule has 0 aliphatic carbocycles. The van der Waals surface area contributed by atoms with E-state index in [1.807, 2.05) is 0 Å². The van der Waals surface area contributed by atoms with Crippen molar-refractivity contribution in [3.05, 3.63) is 69.8 Å². The third kappa shape index (κ3) is 4.73. The number of anilines is 1. The summed E-state index contributed by atoms with van der Waals surface area (Å²) in [5.74, 6) is -1.51. The Morgan fingerprint density at radius 2 is 1.73 bits per heavy atom. The molecule has 0 saturated carbocycles. The summed E-state index contributed by atoms with van der Waals surface area (Å²) in [6, 6.07) is 11.3. The molecule has 0 bridgehead atoms. The molecule has 0 aromatic heterocycles. The van der Waals surface area contributed by atoms with Gasteiger partial charge in [-0.2, -0.15) is 0 Å². The molecule has 0 saturated heterocycles. The first kappa shape index (κ1) is 18.8. The normalized spacial score (nSPS) is 11.3. The number of non-ortho nitro benzene ring substituents is 1. The molecule has 2 rings (SSSR count). The lowest BCUT2D eigenvalue weighted by Crippen LogP contribution is -2.30. The highest BCUT2D eigenvalue weighted by Crippen LogP contribution is 2.15. The third-order valence-electron chi connectivity index (χ3n) is 3.50. The van der Waals surface area contributed by atoms with Gasteiger partial charge in [-0.1, -0.05) is 6.07 Å². The number of hydrogen-bond donors (Lipinski definition) is 1. The second-order valence-corrected chi connectivity index (χ2v) is 5.48. The van der Waals surface area contributed by atoms with E-state index in [9.17, 15) is 24.5 Å². The summed E-state index contributed by atoms with van der Waals surface area (Å²) in [6.45, 7) is 2.82. The number of ketones is 1. The van der Waals surface area contributed by atoms with Gasteiger partial charge in [-0.15, -0.1) is 0 Å². The number of nitrogens with one attached hydrogen (secondary N) is 1. The zero-order chi connectivity index (χ0) is 19.3. The van der Waals surface area contributed by atoms with Gasteiger partial charge in [-0.3, -0.25) is 19.7 Å². The predicted molar refractivity (Wildman–Crippen MR) is 93.1 cm³/mol. The zero-order valence-corrected chi connectivity index (χ0v) is 14.1. The molecule has 0 unspecified atom stereocenters. The number of esters is 1. The van der Waals surface area contributed by atoms with E-state index in [4.69, 9.17) is 4.74 Å². The smallest absolute Gasteiger partial charge is 0.339 e. The van der Waals surface area contributed by atoms with Crippen LogP contribution in [0.15, 0.2) is 48.5 Å². The zero-order valence-electron chi connectivity index (χ0n) is 14.1. The molecule has 0 aliphatic rings. The van der Waals surface area contributed by atoms with Gasteiger partial charge in [-0.05, 0) is 44.2 Å². The molecule has 134 valence electrons. The van der Waals surface area contributed by atoms with E-state index in [0.29, 0.717) is 11.3 Å². The first-order valence-corrected chi connectivity index (χ1v) is 7.65. The molecule has 1 N–H and O–H groups in total. The van der Waals surface area contributed by atoms with Gasteiger partial charge >= 0.3 is 5.97 Å². The van der Waals surface area contributed by atoms with Gasteiger partial charge in [0.15, 0.2) is 11.9 Å². The van der Waals surface area contributed by atoms with Crippen LogP contribution in [0, 0.1) is 10.1 Å². The fraction of sp³-hybridized carbons (Fsp3) is 0.167. The summed E-state index contributed by atoms with van der Waals surface area (Å²) in [5.41, 5.74) is 0.679. The molecule has 8 heteroatoms. The SMILES string of the molecule is CC(=O)c1ccc(NC(=O)[C@H](C)OC(=O)c2cccc([N+](=O)[O-])c2)cc1. The summed E-state index contributed by atoms with van der Waals surface area (Å²) in [5, 5.41) is 13.3. The molecule has 8 nitrogen and oxygen atoms in total. The van der Waals surface area contributed by atoms with E-state index in [1.54, 1.807) is 24.3 Å². The summed E-state index contributed by atoms with van der Waals surface area (Å²) >= 11 is 0. The van der Waals surface area contributed by atoms with Crippen LogP contribution < -0.4 is 5.32 Å². The second kappa shape index (κ2) is 8.02. The number of nitro benzene ring substituents is 1. The Morgan fingerprint density at radius 1 is 1.08 bits per heavy atom. The number of hydrogen-bond acceptors (Lipinski definition) is 6. The lowest BCUT2D eigenvalue weighted by molar-refractivity contribution is -0.384. The van der Waals surface area contributed by atoms with Gasteiger partial charge in [0.1, 0.15) is 0 Å². The summed E-state index contributed by atoms with van der Waals surface area (Å²) in [6.07, 6.45) is -1.12. The van der Waals surface area contributed by atoms with E-state index >= 15 is 0 Å². The summed E-state index contributed by atoms with van der Waals surface area (Å²) in [4.78, 5) is 45.5. The van der Waals surface area contributed by atoms with Crippen molar-refractivity contribution in [2.45, 2.75) is 20.0 Å². The first-order chi connectivity index (χ1) is 12.3. The minimum Gasteiger partial charge on any atom is -0.449 e. The van der Waals surface area contributed by atoms with E-state index in [-0.39, 0.29) is 17.0 Å². The van der Waals surface area contributed by atoms with Crippen molar-refractivity contribution in [1.29, 1.82) is 0 Å². The Balaban J connectivity index is 1.99. The number of carbonyl (C=O) groups excluding carboxylic acids is 3. The molecule has 0 aliphatic heterocycles. The van der Waals surface area contributed by atoms with Crippen molar-refractivity contribution in [1.82, 2.24) is 0 Å². The van der Waals surface area contributed by atoms with Crippen LogP contribution in [0.3, 0.4) is 0 Å². The number of carbonyl (C=O) groups is 3. The highest BCUT2D eigenvalue weighted by atomic mass is 16.6. The van der Waals surface area contributed by atoms with Gasteiger partial charge in [-0.25, -0.2) is 4.79 Å². The van der Waals surface area contributed by atoms with Crippen LogP contribution in [-0.4, -0.2) is 28.7 Å². The minimum absolute atomic E-state index is 0.0235. The van der Waals surface area contributed by atoms with Gasteiger partial charge in [0.2, 0.25) is 0 Å². The largest absolute Gasteiger partial charge is 0.449 e. The van der Waals surface area contributed by atoms with Crippen molar-refractivity contribution in [3.63, 3.8) is 0 Å². The van der Waals surface area contributed by atoms with Gasteiger partial charge in [0.25, 0.3) is 11.6 Å². The Kier molecular flexibility index (Phi) is 5.79. The van der Waals surface area contributed by atoms with Crippen LogP contribution in [-0.2, 0) is 9.53 Å². The van der Waals surface area contributed by atoms with Crippen molar-refractivity contribution in [2.24, 2.45) is 0 Å². The van der Waals surface area contributed by atoms with Gasteiger partial charge in [0.05, 0.1) is 10.5 Å². The number of rotatable bonds is 6. The van der Waals surface area contributed by atoms with Crippen LogP contribution in [0.25, 0.3) is 0 Å². The van der Waals surface area contributed by atoms with Crippen LogP contribution >= 0.6 is 0 Å². The van der Waals surface area contributed by atoms with E-state index in [1.165, 1.54) is 32.0 Å². The Labute approximate surface area is 148 Å². The van der Waals surface area contributed by atoms with E-state index < -0.39 is 22.9 Å². The van der Waals surface area contributed by atoms with Crippen LogP contribution in [0.1, 0.15) is 34.6 Å². The second-order valence-electron chi connectivity index (χ2n) is 5.48. The molecular formula is C18H16N2O6. The van der Waals surface area contributed by atoms with Gasteiger partial charge < -0.3 is 10.1 Å². The molecule has 2 aromatic carbocycles. The fourth-order valence-electron chi connectivity index (χ4n) is 2.06.